The SMILES string of the molecule is NC(=O)c1ccc2c(c1)CCN(c1cccc(N3CCN(CC4Nc5ccc(C(=O)O)cc5N4CC4CCO4)CC3)n1)C2. The average molecular weight is 584 g/mol. The molecular formula is C32H37N7O4. The maximum absolute atomic E-state index is 11.6. The summed E-state index contributed by atoms with van der Waals surface area (Å²) in [6.07, 6.45) is 2.11. The van der Waals surface area contributed by atoms with Crippen molar-refractivity contribution < 1.29 is 19.4 Å². The van der Waals surface area contributed by atoms with Crippen molar-refractivity contribution in [1.29, 1.82) is 0 Å². The topological polar surface area (TPSA) is 128 Å². The molecule has 11 heteroatoms. The number of piperazine rings is 1. The summed E-state index contributed by atoms with van der Waals surface area (Å²) < 4.78 is 5.74. The number of nitrogens with zero attached hydrogens (tertiary/aromatic N) is 5. The standard InChI is InChI=1S/C32H37N7O4/c33-31(40)22-4-5-24-18-38(10-8-21(24)16-22)29-3-1-2-28(35-29)37-13-11-36(12-14-37)20-30-34-26-7-6-23(32(41)42)17-27(26)39(30)19-25-9-15-43-25/h1-7,16-17,25,30,34H,8-15,18-20H2,(H2,33,40)(H,41,42). The first kappa shape index (κ1) is 27.5. The van der Waals surface area contributed by atoms with Gasteiger partial charge in [0, 0.05) is 64.5 Å². The molecule has 0 radical (unpaired) electrons. The number of hydrogen-bond acceptors (Lipinski definition) is 9. The first-order valence-corrected chi connectivity index (χ1v) is 15.0. The van der Waals surface area contributed by atoms with Crippen molar-refractivity contribution in [1.82, 2.24) is 9.88 Å². The second-order valence-corrected chi connectivity index (χ2v) is 11.8. The van der Waals surface area contributed by atoms with Crippen molar-refractivity contribution in [2.24, 2.45) is 5.73 Å². The number of benzene rings is 2. The number of carboxylic acid groups (broad SMARTS) is 1. The van der Waals surface area contributed by atoms with Gasteiger partial charge in [-0.2, -0.15) is 0 Å². The van der Waals surface area contributed by atoms with Crippen molar-refractivity contribution >= 4 is 34.9 Å². The highest BCUT2D eigenvalue weighted by atomic mass is 16.5. The van der Waals surface area contributed by atoms with E-state index in [1.807, 2.05) is 18.2 Å². The largest absolute Gasteiger partial charge is 0.478 e. The number of aromatic nitrogens is 1. The zero-order chi connectivity index (χ0) is 29.5. The lowest BCUT2D eigenvalue weighted by atomic mass is 9.97. The van der Waals surface area contributed by atoms with Gasteiger partial charge in [-0.1, -0.05) is 12.1 Å². The fourth-order valence-electron chi connectivity index (χ4n) is 6.54. The van der Waals surface area contributed by atoms with Gasteiger partial charge in [-0.05, 0) is 66.4 Å². The van der Waals surface area contributed by atoms with Crippen LogP contribution in [-0.2, 0) is 17.7 Å². The van der Waals surface area contributed by atoms with Gasteiger partial charge in [-0.15, -0.1) is 0 Å². The molecule has 0 aliphatic carbocycles. The Balaban J connectivity index is 0.984. The molecule has 0 bridgehead atoms. The molecule has 2 aromatic carbocycles. The molecule has 224 valence electrons. The van der Waals surface area contributed by atoms with Crippen LogP contribution in [-0.4, -0.2) is 91.6 Å². The van der Waals surface area contributed by atoms with Crippen LogP contribution in [0.15, 0.2) is 54.6 Å². The van der Waals surface area contributed by atoms with Crippen molar-refractivity contribution in [2.75, 3.05) is 72.4 Å². The molecule has 43 heavy (non-hydrogen) atoms. The van der Waals surface area contributed by atoms with Gasteiger partial charge in [0.25, 0.3) is 0 Å². The molecule has 2 atom stereocenters. The van der Waals surface area contributed by atoms with E-state index >= 15 is 0 Å². The Morgan fingerprint density at radius 2 is 1.70 bits per heavy atom. The number of hydrogen-bond donors (Lipinski definition) is 3. The third-order valence-corrected chi connectivity index (χ3v) is 9.12. The fourth-order valence-corrected chi connectivity index (χ4v) is 6.54. The van der Waals surface area contributed by atoms with Gasteiger partial charge in [-0.25, -0.2) is 9.78 Å². The molecule has 4 N–H and O–H groups in total. The minimum atomic E-state index is -0.913. The number of rotatable bonds is 8. The predicted molar refractivity (Wildman–Crippen MR) is 165 cm³/mol. The summed E-state index contributed by atoms with van der Waals surface area (Å²) in [6.45, 7) is 7.54. The van der Waals surface area contributed by atoms with Gasteiger partial charge in [0.15, 0.2) is 0 Å². The van der Waals surface area contributed by atoms with E-state index in [4.69, 9.17) is 15.5 Å². The normalized spacial score (nSPS) is 21.5. The van der Waals surface area contributed by atoms with Crippen molar-refractivity contribution in [2.45, 2.75) is 31.7 Å². The summed E-state index contributed by atoms with van der Waals surface area (Å²) in [6, 6.07) is 17.3. The number of carbonyl (C=O) groups is 2. The van der Waals surface area contributed by atoms with Crippen LogP contribution in [0.5, 0.6) is 0 Å². The number of nitrogens with two attached hydrogens (primary N) is 1. The number of fused-ring (bicyclic) bond motifs is 2. The highest BCUT2D eigenvalue weighted by Crippen LogP contribution is 2.37. The monoisotopic (exact) mass is 583 g/mol. The van der Waals surface area contributed by atoms with E-state index in [0.717, 1.165) is 94.8 Å². The molecule has 4 aliphatic heterocycles. The summed E-state index contributed by atoms with van der Waals surface area (Å²) in [7, 11) is 0. The van der Waals surface area contributed by atoms with Crippen molar-refractivity contribution in [3.63, 3.8) is 0 Å². The fraction of sp³-hybridized carbons (Fsp3) is 0.406. The molecule has 3 aromatic rings. The molecule has 11 nitrogen and oxygen atoms in total. The van der Waals surface area contributed by atoms with Gasteiger partial charge in [-0.3, -0.25) is 9.69 Å². The lowest BCUT2D eigenvalue weighted by Crippen LogP contribution is -2.54. The number of aromatic carboxylic acids is 1. The quantitative estimate of drug-likeness (QED) is 0.364. The van der Waals surface area contributed by atoms with Crippen LogP contribution < -0.4 is 25.8 Å². The Kier molecular flexibility index (Phi) is 7.28. The van der Waals surface area contributed by atoms with Crippen LogP contribution >= 0.6 is 0 Å². The molecule has 2 saturated heterocycles. The third-order valence-electron chi connectivity index (χ3n) is 9.12. The van der Waals surface area contributed by atoms with Crippen LogP contribution in [0.2, 0.25) is 0 Å². The van der Waals surface area contributed by atoms with Gasteiger partial charge >= 0.3 is 5.97 Å². The molecule has 1 amide bonds. The Morgan fingerprint density at radius 1 is 0.930 bits per heavy atom. The van der Waals surface area contributed by atoms with Crippen molar-refractivity contribution in [3.05, 3.63) is 76.9 Å². The van der Waals surface area contributed by atoms with E-state index in [-0.39, 0.29) is 18.2 Å². The molecule has 7 rings (SSSR count). The van der Waals surface area contributed by atoms with E-state index in [9.17, 15) is 14.7 Å². The van der Waals surface area contributed by atoms with Gasteiger partial charge in [0.2, 0.25) is 5.91 Å². The summed E-state index contributed by atoms with van der Waals surface area (Å²) in [5, 5.41) is 13.2. The summed E-state index contributed by atoms with van der Waals surface area (Å²) in [4.78, 5) is 37.7. The van der Waals surface area contributed by atoms with Crippen LogP contribution in [0.3, 0.4) is 0 Å². The smallest absolute Gasteiger partial charge is 0.335 e. The third kappa shape index (κ3) is 5.57. The molecule has 2 unspecified atom stereocenters. The second-order valence-electron chi connectivity index (χ2n) is 11.8. The van der Waals surface area contributed by atoms with E-state index in [2.05, 4.69) is 43.1 Å². The lowest BCUT2D eigenvalue weighted by molar-refractivity contribution is -0.0452. The van der Waals surface area contributed by atoms with Gasteiger partial charge in [0.05, 0.1) is 23.0 Å². The number of nitrogens with one attached hydrogen (secondary N) is 1. The Morgan fingerprint density at radius 3 is 2.42 bits per heavy atom. The summed E-state index contributed by atoms with van der Waals surface area (Å²) >= 11 is 0. The first-order chi connectivity index (χ1) is 20.9. The minimum Gasteiger partial charge on any atom is -0.478 e. The Bertz CT molecular complexity index is 1540. The molecule has 0 saturated carbocycles. The predicted octanol–water partition coefficient (Wildman–Crippen LogP) is 2.61. The number of carboxylic acids is 1. The number of anilines is 4. The molecule has 0 spiro atoms. The number of amides is 1. The highest BCUT2D eigenvalue weighted by Gasteiger charge is 2.35. The molecule has 1 aromatic heterocycles. The van der Waals surface area contributed by atoms with Crippen LogP contribution in [0, 0.1) is 0 Å². The lowest BCUT2D eigenvalue weighted by Gasteiger charge is -2.40. The van der Waals surface area contributed by atoms with E-state index < -0.39 is 5.97 Å². The van der Waals surface area contributed by atoms with Crippen LogP contribution in [0.4, 0.5) is 23.0 Å². The maximum atomic E-state index is 11.6. The van der Waals surface area contributed by atoms with Gasteiger partial charge in [0.1, 0.15) is 17.8 Å². The van der Waals surface area contributed by atoms with Crippen molar-refractivity contribution in [3.8, 4) is 0 Å². The number of carbonyl (C=O) groups excluding carboxylic acids is 1. The highest BCUT2D eigenvalue weighted by molar-refractivity contribution is 5.93. The number of pyridine rings is 1. The Labute approximate surface area is 250 Å². The minimum absolute atomic E-state index is 0.0530. The van der Waals surface area contributed by atoms with E-state index in [0.29, 0.717) is 11.1 Å². The summed E-state index contributed by atoms with van der Waals surface area (Å²) in [5.41, 5.74) is 10.6. The second kappa shape index (κ2) is 11.4. The first-order valence-electron chi connectivity index (χ1n) is 15.0. The molecule has 4 aliphatic rings. The molecular weight excluding hydrogens is 546 g/mol. The average Bonchev–Trinajstić information content (AvgIpc) is 3.34. The van der Waals surface area contributed by atoms with Crippen LogP contribution in [0.25, 0.3) is 0 Å². The summed E-state index contributed by atoms with van der Waals surface area (Å²) in [5.74, 6) is 0.651. The maximum Gasteiger partial charge on any atom is 0.335 e. The number of primary amides is 1. The van der Waals surface area contributed by atoms with E-state index in [1.54, 1.807) is 18.2 Å². The number of ether oxygens (including phenoxy) is 1. The van der Waals surface area contributed by atoms with Crippen LogP contribution in [0.1, 0.15) is 38.3 Å². The zero-order valence-corrected chi connectivity index (χ0v) is 24.1. The molecule has 2 fully saturated rings. The molecule has 5 heterocycles. The van der Waals surface area contributed by atoms with Gasteiger partial charge < -0.3 is 35.6 Å². The zero-order valence-electron chi connectivity index (χ0n) is 24.1. The Hall–Kier alpha value is -4.35. The van der Waals surface area contributed by atoms with E-state index in [1.165, 1.54) is 11.1 Å².